The summed E-state index contributed by atoms with van der Waals surface area (Å²) in [6.45, 7) is 7.43. The molecule has 0 unspecified atom stereocenters. The van der Waals surface area contributed by atoms with E-state index in [0.717, 1.165) is 76.7 Å². The van der Waals surface area contributed by atoms with Gasteiger partial charge in [0, 0.05) is 56.4 Å². The van der Waals surface area contributed by atoms with E-state index in [0.29, 0.717) is 17.8 Å². The molecule has 4 atom stereocenters. The quantitative estimate of drug-likeness (QED) is 0.317. The molecular formula is C29H38F4N4O2. The summed E-state index contributed by atoms with van der Waals surface area (Å²) < 4.78 is 60.7. The predicted octanol–water partition coefficient (Wildman–Crippen LogP) is 4.44. The Hall–Kier alpha value is -2.24. The maximum Gasteiger partial charge on any atom is 0.416 e. The Labute approximate surface area is 227 Å². The van der Waals surface area contributed by atoms with Crippen LogP contribution >= 0.6 is 0 Å². The van der Waals surface area contributed by atoms with Gasteiger partial charge in [0.15, 0.2) is 0 Å². The van der Waals surface area contributed by atoms with Crippen molar-refractivity contribution in [3.05, 3.63) is 65.0 Å². The van der Waals surface area contributed by atoms with Gasteiger partial charge in [-0.15, -0.1) is 0 Å². The third kappa shape index (κ3) is 6.92. The zero-order valence-corrected chi connectivity index (χ0v) is 22.1. The van der Waals surface area contributed by atoms with Crippen LogP contribution in [0.3, 0.4) is 0 Å². The number of aliphatic hydroxyl groups is 1. The lowest BCUT2D eigenvalue weighted by Crippen LogP contribution is -2.47. The number of ether oxygens (including phenoxy) is 1. The summed E-state index contributed by atoms with van der Waals surface area (Å²) in [5.41, 5.74) is 1.39. The minimum atomic E-state index is -4.43. The van der Waals surface area contributed by atoms with Gasteiger partial charge in [-0.1, -0.05) is 12.1 Å². The molecule has 0 aliphatic carbocycles. The van der Waals surface area contributed by atoms with Gasteiger partial charge >= 0.3 is 6.18 Å². The first-order valence-electron chi connectivity index (χ1n) is 14.0. The lowest BCUT2D eigenvalue weighted by molar-refractivity contribution is -0.138. The molecule has 0 spiro atoms. The third-order valence-corrected chi connectivity index (χ3v) is 8.28. The summed E-state index contributed by atoms with van der Waals surface area (Å²) in [6, 6.07) is 9.93. The van der Waals surface area contributed by atoms with Crippen LogP contribution in [-0.2, 0) is 10.9 Å². The van der Waals surface area contributed by atoms with Crippen LogP contribution in [-0.4, -0.2) is 80.0 Å². The first kappa shape index (κ1) is 28.3. The second-order valence-corrected chi connectivity index (χ2v) is 10.9. The van der Waals surface area contributed by atoms with Crippen molar-refractivity contribution in [2.24, 2.45) is 5.92 Å². The van der Waals surface area contributed by atoms with Crippen molar-refractivity contribution in [2.45, 2.75) is 43.7 Å². The molecule has 3 heterocycles. The summed E-state index contributed by atoms with van der Waals surface area (Å²) in [5, 5.41) is 16.0. The Morgan fingerprint density at radius 2 is 1.69 bits per heavy atom. The number of alkyl halides is 3. The number of hydrogen-bond acceptors (Lipinski definition) is 6. The van der Waals surface area contributed by atoms with E-state index in [-0.39, 0.29) is 30.5 Å². The SMILES string of the molecule is OCCN1CCN(CCCNC[C@H]2CC[C@@H]3[C@H](O2)c2cc(C(F)(F)F)ccc2N[C@H]3c2ccc(F)cc2)CC1. The third-order valence-electron chi connectivity index (χ3n) is 8.28. The van der Waals surface area contributed by atoms with Crippen LogP contribution in [0.4, 0.5) is 23.2 Å². The van der Waals surface area contributed by atoms with Crippen molar-refractivity contribution in [1.82, 2.24) is 15.1 Å². The highest BCUT2D eigenvalue weighted by molar-refractivity contribution is 5.58. The normalized spacial score (nSPS) is 26.1. The highest BCUT2D eigenvalue weighted by Crippen LogP contribution is 2.51. The Bertz CT molecular complexity index is 1080. The van der Waals surface area contributed by atoms with E-state index in [4.69, 9.17) is 9.84 Å². The minimum absolute atomic E-state index is 0.0628. The van der Waals surface area contributed by atoms with Crippen molar-refractivity contribution < 1.29 is 27.4 Å². The lowest BCUT2D eigenvalue weighted by atomic mass is 9.76. The number of nitrogens with one attached hydrogen (secondary N) is 2. The summed E-state index contributed by atoms with van der Waals surface area (Å²) in [5.74, 6) is -0.386. The molecule has 0 aromatic heterocycles. The van der Waals surface area contributed by atoms with E-state index >= 15 is 0 Å². The molecule has 2 aromatic rings. The molecule has 39 heavy (non-hydrogen) atoms. The molecule has 214 valence electrons. The van der Waals surface area contributed by atoms with Gasteiger partial charge in [0.25, 0.3) is 0 Å². The van der Waals surface area contributed by atoms with Crippen LogP contribution in [0.5, 0.6) is 0 Å². The van der Waals surface area contributed by atoms with Crippen LogP contribution in [0.25, 0.3) is 0 Å². The smallest absolute Gasteiger partial charge is 0.395 e. The number of halogens is 4. The average molecular weight is 551 g/mol. The first-order valence-corrected chi connectivity index (χ1v) is 14.0. The van der Waals surface area contributed by atoms with Gasteiger partial charge in [0.05, 0.1) is 30.4 Å². The van der Waals surface area contributed by atoms with Crippen molar-refractivity contribution in [1.29, 1.82) is 0 Å². The van der Waals surface area contributed by atoms with Crippen LogP contribution < -0.4 is 10.6 Å². The molecule has 0 bridgehead atoms. The topological polar surface area (TPSA) is 60.0 Å². The van der Waals surface area contributed by atoms with Crippen molar-refractivity contribution in [3.8, 4) is 0 Å². The van der Waals surface area contributed by atoms with Gasteiger partial charge < -0.3 is 25.4 Å². The molecule has 3 aliphatic rings. The zero-order valence-electron chi connectivity index (χ0n) is 22.1. The van der Waals surface area contributed by atoms with Gasteiger partial charge in [-0.3, -0.25) is 4.90 Å². The average Bonchev–Trinajstić information content (AvgIpc) is 2.93. The number of β-amino-alcohol motifs (C(OH)–C–C–N with tert-alkyl or cyclic N) is 1. The molecular weight excluding hydrogens is 512 g/mol. The summed E-state index contributed by atoms with van der Waals surface area (Å²) in [7, 11) is 0. The molecule has 2 aromatic carbocycles. The predicted molar refractivity (Wildman–Crippen MR) is 142 cm³/mol. The largest absolute Gasteiger partial charge is 0.416 e. The van der Waals surface area contributed by atoms with Gasteiger partial charge in [0.2, 0.25) is 0 Å². The molecule has 2 fully saturated rings. The van der Waals surface area contributed by atoms with Crippen molar-refractivity contribution in [2.75, 3.05) is 64.3 Å². The monoisotopic (exact) mass is 550 g/mol. The fraction of sp³-hybridized carbons (Fsp3) is 0.586. The van der Waals surface area contributed by atoms with E-state index < -0.39 is 17.8 Å². The van der Waals surface area contributed by atoms with Gasteiger partial charge in [-0.25, -0.2) is 4.39 Å². The second-order valence-electron chi connectivity index (χ2n) is 10.9. The highest BCUT2D eigenvalue weighted by Gasteiger charge is 2.43. The highest BCUT2D eigenvalue weighted by atomic mass is 19.4. The Morgan fingerprint density at radius 3 is 2.38 bits per heavy atom. The number of aliphatic hydroxyl groups excluding tert-OH is 1. The number of rotatable bonds is 9. The fourth-order valence-electron chi connectivity index (χ4n) is 6.15. The number of anilines is 1. The molecule has 2 saturated heterocycles. The van der Waals surface area contributed by atoms with Crippen LogP contribution in [0, 0.1) is 11.7 Å². The Morgan fingerprint density at radius 1 is 0.974 bits per heavy atom. The van der Waals surface area contributed by atoms with E-state index in [1.807, 2.05) is 0 Å². The molecule has 3 N–H and O–H groups in total. The number of nitrogens with zero attached hydrogens (tertiary/aromatic N) is 2. The Balaban J connectivity index is 1.20. The van der Waals surface area contributed by atoms with Crippen molar-refractivity contribution in [3.63, 3.8) is 0 Å². The first-order chi connectivity index (χ1) is 18.8. The maximum absolute atomic E-state index is 13.6. The van der Waals surface area contributed by atoms with E-state index in [1.165, 1.54) is 24.3 Å². The molecule has 0 saturated carbocycles. The minimum Gasteiger partial charge on any atom is -0.395 e. The molecule has 0 radical (unpaired) electrons. The molecule has 0 amide bonds. The summed E-state index contributed by atoms with van der Waals surface area (Å²) in [4.78, 5) is 4.72. The van der Waals surface area contributed by atoms with Crippen LogP contribution in [0.1, 0.15) is 48.1 Å². The fourth-order valence-corrected chi connectivity index (χ4v) is 6.15. The standard InChI is InChI=1S/C29H38F4N4O2/c30-22-5-2-20(3-6-22)27-24-8-7-23(19-34-10-1-11-36-12-14-37(15-13-36)16-17-38)39-28(24)25-18-21(29(31,32)33)4-9-26(25)35-27/h2-6,9,18,23-24,27-28,34-35,38H,1,7-8,10-17,19H2/t23-,24+,27+,28+/m1/s1. The summed E-state index contributed by atoms with van der Waals surface area (Å²) in [6.07, 6.45) is -2.40. The molecule has 3 aliphatic heterocycles. The molecule has 6 nitrogen and oxygen atoms in total. The van der Waals surface area contributed by atoms with Gasteiger partial charge in [-0.2, -0.15) is 13.2 Å². The second kappa shape index (κ2) is 12.5. The lowest BCUT2D eigenvalue weighted by Gasteiger charge is -2.46. The Kier molecular flexibility index (Phi) is 9.08. The van der Waals surface area contributed by atoms with E-state index in [1.54, 1.807) is 12.1 Å². The number of fused-ring (bicyclic) bond motifs is 3. The molecule has 10 heteroatoms. The van der Waals surface area contributed by atoms with Crippen LogP contribution in [0.15, 0.2) is 42.5 Å². The number of hydrogen-bond donors (Lipinski definition) is 3. The van der Waals surface area contributed by atoms with Crippen molar-refractivity contribution >= 4 is 5.69 Å². The van der Waals surface area contributed by atoms with E-state index in [9.17, 15) is 17.6 Å². The van der Waals surface area contributed by atoms with Crippen LogP contribution in [0.2, 0.25) is 0 Å². The van der Waals surface area contributed by atoms with Gasteiger partial charge in [-0.05, 0) is 68.2 Å². The number of benzene rings is 2. The summed E-state index contributed by atoms with van der Waals surface area (Å²) >= 11 is 0. The zero-order chi connectivity index (χ0) is 27.4. The number of piperazine rings is 1. The molecule has 5 rings (SSSR count). The van der Waals surface area contributed by atoms with Gasteiger partial charge in [0.1, 0.15) is 5.82 Å². The maximum atomic E-state index is 13.6. The van der Waals surface area contributed by atoms with E-state index in [2.05, 4.69) is 20.4 Å².